The van der Waals surface area contributed by atoms with E-state index in [9.17, 15) is 9.59 Å². The van der Waals surface area contributed by atoms with Crippen LogP contribution in [-0.2, 0) is 4.79 Å². The Morgan fingerprint density at radius 2 is 2.11 bits per heavy atom. The number of nitrogens with one attached hydrogen (secondary N) is 2. The van der Waals surface area contributed by atoms with E-state index >= 15 is 0 Å². The van der Waals surface area contributed by atoms with Gasteiger partial charge in [0.15, 0.2) is 0 Å². The number of aromatic amines is 1. The number of fused-ring (bicyclic) bond motifs is 1. The minimum atomic E-state index is -0.543. The van der Waals surface area contributed by atoms with E-state index in [0.717, 1.165) is 18.4 Å². The van der Waals surface area contributed by atoms with Crippen molar-refractivity contribution in [3.05, 3.63) is 35.0 Å². The monoisotopic (exact) mass is 262 g/mol. The Morgan fingerprint density at radius 1 is 1.33 bits per heavy atom. The molecule has 92 valence electrons. The number of carbonyl (C=O) groups excluding carboxylic acids is 2. The Kier molecular flexibility index (Phi) is 2.59. The summed E-state index contributed by atoms with van der Waals surface area (Å²) in [6.45, 7) is 0. The number of benzene rings is 1. The average molecular weight is 263 g/mol. The van der Waals surface area contributed by atoms with Gasteiger partial charge < -0.3 is 10.3 Å². The summed E-state index contributed by atoms with van der Waals surface area (Å²) in [5, 5.41) is 3.91. The first-order valence-electron chi connectivity index (χ1n) is 5.77. The lowest BCUT2D eigenvalue weighted by atomic mass is 10.1. The van der Waals surface area contributed by atoms with Crippen molar-refractivity contribution in [1.29, 1.82) is 0 Å². The first-order chi connectivity index (χ1) is 8.65. The predicted molar refractivity (Wildman–Crippen MR) is 68.8 cm³/mol. The van der Waals surface area contributed by atoms with Gasteiger partial charge in [0, 0.05) is 28.2 Å². The molecule has 0 radical (unpaired) electrons. The van der Waals surface area contributed by atoms with Crippen molar-refractivity contribution in [2.24, 2.45) is 0 Å². The second kappa shape index (κ2) is 4.14. The molecule has 1 aliphatic carbocycles. The fourth-order valence-corrected chi connectivity index (χ4v) is 2.05. The molecule has 5 heteroatoms. The van der Waals surface area contributed by atoms with Gasteiger partial charge in [0.2, 0.25) is 0 Å². The lowest BCUT2D eigenvalue weighted by molar-refractivity contribution is -0.117. The number of hydrogen-bond acceptors (Lipinski definition) is 2. The molecule has 4 nitrogen and oxygen atoms in total. The standard InChI is InChI=1S/C13H11ClN2O2/c14-7-1-4-11-9(5-7)10(6-15-11)12(17)13(18)16-8-2-3-8/h1,4-6,8,15H,2-3H2,(H,16,18). The summed E-state index contributed by atoms with van der Waals surface area (Å²) in [6, 6.07) is 5.38. The van der Waals surface area contributed by atoms with Gasteiger partial charge in [-0.25, -0.2) is 0 Å². The zero-order valence-corrected chi connectivity index (χ0v) is 10.3. The van der Waals surface area contributed by atoms with Crippen molar-refractivity contribution in [1.82, 2.24) is 10.3 Å². The van der Waals surface area contributed by atoms with Crippen LogP contribution in [0.5, 0.6) is 0 Å². The number of hydrogen-bond donors (Lipinski definition) is 2. The zero-order chi connectivity index (χ0) is 12.7. The highest BCUT2D eigenvalue weighted by Crippen LogP contribution is 2.23. The van der Waals surface area contributed by atoms with Crippen molar-refractivity contribution in [3.8, 4) is 0 Å². The highest BCUT2D eigenvalue weighted by atomic mass is 35.5. The first-order valence-corrected chi connectivity index (χ1v) is 6.15. The molecule has 0 unspecified atom stereocenters. The minimum absolute atomic E-state index is 0.176. The smallest absolute Gasteiger partial charge is 0.292 e. The number of Topliss-reactive ketones (excluding diaryl/α,β-unsaturated/α-hetero) is 1. The van der Waals surface area contributed by atoms with Crippen LogP contribution in [0.3, 0.4) is 0 Å². The van der Waals surface area contributed by atoms with Gasteiger partial charge >= 0.3 is 0 Å². The molecular formula is C13H11ClN2O2. The molecule has 1 aliphatic rings. The molecule has 1 saturated carbocycles. The second-order valence-electron chi connectivity index (χ2n) is 4.47. The SMILES string of the molecule is O=C(NC1CC1)C(=O)c1c[nH]c2ccc(Cl)cc12. The fourth-order valence-electron chi connectivity index (χ4n) is 1.88. The molecule has 18 heavy (non-hydrogen) atoms. The van der Waals surface area contributed by atoms with Crippen LogP contribution in [0.4, 0.5) is 0 Å². The Hall–Kier alpha value is -1.81. The van der Waals surface area contributed by atoms with Gasteiger partial charge in [-0.2, -0.15) is 0 Å². The van der Waals surface area contributed by atoms with E-state index in [0.29, 0.717) is 16.0 Å². The van der Waals surface area contributed by atoms with E-state index in [2.05, 4.69) is 10.3 Å². The summed E-state index contributed by atoms with van der Waals surface area (Å²) < 4.78 is 0. The van der Waals surface area contributed by atoms with Crippen molar-refractivity contribution >= 4 is 34.2 Å². The number of H-pyrrole nitrogens is 1. The maximum absolute atomic E-state index is 12.0. The molecule has 0 aliphatic heterocycles. The van der Waals surface area contributed by atoms with Crippen molar-refractivity contribution in [3.63, 3.8) is 0 Å². The number of aromatic nitrogens is 1. The molecule has 1 heterocycles. The molecule has 2 N–H and O–H groups in total. The van der Waals surface area contributed by atoms with Crippen LogP contribution in [0.15, 0.2) is 24.4 Å². The molecule has 1 aromatic carbocycles. The van der Waals surface area contributed by atoms with E-state index < -0.39 is 11.7 Å². The Bertz CT molecular complexity index is 643. The molecule has 2 aromatic rings. The third kappa shape index (κ3) is 1.99. The topological polar surface area (TPSA) is 62.0 Å². The number of amides is 1. The van der Waals surface area contributed by atoms with Gasteiger partial charge in [0.25, 0.3) is 11.7 Å². The van der Waals surface area contributed by atoms with Crippen LogP contribution in [0, 0.1) is 0 Å². The summed E-state index contributed by atoms with van der Waals surface area (Å²) in [4.78, 5) is 26.7. The molecular weight excluding hydrogens is 252 g/mol. The summed E-state index contributed by atoms with van der Waals surface area (Å²) in [5.41, 5.74) is 1.16. The normalized spacial score (nSPS) is 14.7. The van der Waals surface area contributed by atoms with Gasteiger partial charge in [0.05, 0.1) is 5.56 Å². The van der Waals surface area contributed by atoms with E-state index in [-0.39, 0.29) is 6.04 Å². The van der Waals surface area contributed by atoms with E-state index in [1.165, 1.54) is 0 Å². The van der Waals surface area contributed by atoms with Gasteiger partial charge in [-0.15, -0.1) is 0 Å². The Balaban J connectivity index is 1.95. The van der Waals surface area contributed by atoms with E-state index in [1.54, 1.807) is 24.4 Å². The fraction of sp³-hybridized carbons (Fsp3) is 0.231. The Labute approximate surface area is 108 Å². The third-order valence-corrected chi connectivity index (χ3v) is 3.24. The van der Waals surface area contributed by atoms with Crippen LogP contribution in [0.1, 0.15) is 23.2 Å². The van der Waals surface area contributed by atoms with Crippen molar-refractivity contribution in [2.75, 3.05) is 0 Å². The summed E-state index contributed by atoms with van der Waals surface area (Å²) in [7, 11) is 0. The maximum Gasteiger partial charge on any atom is 0.292 e. The van der Waals surface area contributed by atoms with Crippen LogP contribution in [-0.4, -0.2) is 22.7 Å². The lowest BCUT2D eigenvalue weighted by Gasteiger charge is -2.01. The molecule has 0 bridgehead atoms. The minimum Gasteiger partial charge on any atom is -0.360 e. The highest BCUT2D eigenvalue weighted by molar-refractivity contribution is 6.45. The quantitative estimate of drug-likeness (QED) is 0.658. The summed E-state index contributed by atoms with van der Waals surface area (Å²) in [6.07, 6.45) is 3.47. The number of ketones is 1. The average Bonchev–Trinajstić information content (AvgIpc) is 3.06. The van der Waals surface area contributed by atoms with Crippen LogP contribution in [0.25, 0.3) is 10.9 Å². The molecule has 0 spiro atoms. The highest BCUT2D eigenvalue weighted by Gasteiger charge is 2.28. The van der Waals surface area contributed by atoms with E-state index in [1.807, 2.05) is 0 Å². The molecule has 1 aromatic heterocycles. The van der Waals surface area contributed by atoms with Crippen molar-refractivity contribution in [2.45, 2.75) is 18.9 Å². The lowest BCUT2D eigenvalue weighted by Crippen LogP contribution is -2.32. The molecule has 0 atom stereocenters. The maximum atomic E-state index is 12.0. The van der Waals surface area contributed by atoms with Crippen LogP contribution in [0.2, 0.25) is 5.02 Å². The largest absolute Gasteiger partial charge is 0.360 e. The van der Waals surface area contributed by atoms with Gasteiger partial charge in [-0.05, 0) is 31.0 Å². The predicted octanol–water partition coefficient (Wildman–Crippen LogP) is 2.28. The first kappa shape index (κ1) is 11.3. The van der Waals surface area contributed by atoms with Crippen LogP contribution < -0.4 is 5.32 Å². The van der Waals surface area contributed by atoms with Gasteiger partial charge in [-0.3, -0.25) is 9.59 Å². The number of rotatable bonds is 3. The number of halogens is 1. The summed E-state index contributed by atoms with van der Waals surface area (Å²) >= 11 is 5.90. The molecule has 1 amide bonds. The van der Waals surface area contributed by atoms with Gasteiger partial charge in [-0.1, -0.05) is 11.6 Å². The Morgan fingerprint density at radius 3 is 2.83 bits per heavy atom. The van der Waals surface area contributed by atoms with Crippen LogP contribution >= 0.6 is 11.6 Å². The molecule has 3 rings (SSSR count). The van der Waals surface area contributed by atoms with Gasteiger partial charge in [0.1, 0.15) is 0 Å². The zero-order valence-electron chi connectivity index (χ0n) is 9.50. The number of carbonyl (C=O) groups is 2. The molecule has 1 fully saturated rings. The van der Waals surface area contributed by atoms with Crippen molar-refractivity contribution < 1.29 is 9.59 Å². The van der Waals surface area contributed by atoms with E-state index in [4.69, 9.17) is 11.6 Å². The third-order valence-electron chi connectivity index (χ3n) is 3.01. The second-order valence-corrected chi connectivity index (χ2v) is 4.91. The molecule has 0 saturated heterocycles. The summed E-state index contributed by atoms with van der Waals surface area (Å²) in [5.74, 6) is -1.06.